The molecule has 0 bridgehead atoms. The van der Waals surface area contributed by atoms with E-state index in [4.69, 9.17) is 5.73 Å². The molecular formula is C6H9N3. The topological polar surface area (TPSA) is 54.7 Å². The predicted molar refractivity (Wildman–Crippen MR) is 33.9 cm³/mol. The molecule has 9 heavy (non-hydrogen) atoms. The van der Waals surface area contributed by atoms with Gasteiger partial charge in [0.25, 0.3) is 0 Å². The maximum atomic E-state index is 5.60. The smallest absolute Gasteiger partial charge is 0.110 e. The maximum Gasteiger partial charge on any atom is 0.110 e. The first-order valence-corrected chi connectivity index (χ1v) is 3.13. The van der Waals surface area contributed by atoms with Gasteiger partial charge >= 0.3 is 0 Å². The molecule has 1 aromatic heterocycles. The van der Waals surface area contributed by atoms with E-state index >= 15 is 0 Å². The van der Waals surface area contributed by atoms with Gasteiger partial charge in [0.2, 0.25) is 0 Å². The first-order chi connectivity index (χ1) is 4.38. The number of nitrogens with two attached hydrogens (primary N) is 1. The van der Waals surface area contributed by atoms with Gasteiger partial charge in [-0.1, -0.05) is 0 Å². The minimum absolute atomic E-state index is 0.358. The molecule has 48 valence electrons. The molecule has 0 aliphatic heterocycles. The molecule has 3 heteroatoms. The third kappa shape index (κ3) is 0.733. The average molecular weight is 123 g/mol. The van der Waals surface area contributed by atoms with Crippen LogP contribution in [0.3, 0.4) is 0 Å². The van der Waals surface area contributed by atoms with Gasteiger partial charge in [0, 0.05) is 24.4 Å². The van der Waals surface area contributed by atoms with Gasteiger partial charge in [-0.15, -0.1) is 0 Å². The van der Waals surface area contributed by atoms with Gasteiger partial charge in [-0.05, 0) is 6.42 Å². The number of nitrogens with zero attached hydrogens (tertiary/aromatic N) is 1. The summed E-state index contributed by atoms with van der Waals surface area (Å²) in [7, 11) is 0. The average Bonchev–Trinajstić information content (AvgIpc) is 2.44. The Labute approximate surface area is 53.3 Å². The molecule has 1 saturated carbocycles. The first-order valence-electron chi connectivity index (χ1n) is 3.13. The van der Waals surface area contributed by atoms with Crippen molar-refractivity contribution in [2.75, 3.05) is 0 Å². The van der Waals surface area contributed by atoms with Gasteiger partial charge in [-0.25, -0.2) is 4.98 Å². The molecule has 3 nitrogen and oxygen atoms in total. The standard InChI is InChI=1S/C6H9N3/c7-5-3-4(5)6-8-1-2-9-6/h1-2,4-5H,3,7H2,(H,8,9)/t4-,5-/m0/s1. The number of hydrogen-bond donors (Lipinski definition) is 2. The zero-order chi connectivity index (χ0) is 6.27. The van der Waals surface area contributed by atoms with Crippen LogP contribution in [0.2, 0.25) is 0 Å². The van der Waals surface area contributed by atoms with Crippen molar-refractivity contribution >= 4 is 0 Å². The lowest BCUT2D eigenvalue weighted by molar-refractivity contribution is 0.914. The van der Waals surface area contributed by atoms with Crippen LogP contribution in [0.25, 0.3) is 0 Å². The van der Waals surface area contributed by atoms with Crippen LogP contribution < -0.4 is 5.73 Å². The Kier molecular flexibility index (Phi) is 0.873. The van der Waals surface area contributed by atoms with E-state index in [1.54, 1.807) is 6.20 Å². The van der Waals surface area contributed by atoms with Crippen molar-refractivity contribution in [2.24, 2.45) is 5.73 Å². The monoisotopic (exact) mass is 123 g/mol. The number of rotatable bonds is 1. The van der Waals surface area contributed by atoms with Crippen LogP contribution in [0.5, 0.6) is 0 Å². The van der Waals surface area contributed by atoms with Crippen molar-refractivity contribution < 1.29 is 0 Å². The number of hydrogen-bond acceptors (Lipinski definition) is 2. The normalized spacial score (nSPS) is 32.6. The molecule has 2 rings (SSSR count). The lowest BCUT2D eigenvalue weighted by atomic mass is 10.4. The summed E-state index contributed by atoms with van der Waals surface area (Å²) < 4.78 is 0. The lowest BCUT2D eigenvalue weighted by Gasteiger charge is -1.86. The largest absolute Gasteiger partial charge is 0.348 e. The molecule has 2 atom stereocenters. The molecule has 1 aromatic rings. The molecule has 0 radical (unpaired) electrons. The van der Waals surface area contributed by atoms with Gasteiger partial charge in [-0.3, -0.25) is 0 Å². The van der Waals surface area contributed by atoms with Gasteiger partial charge in [0.1, 0.15) is 5.82 Å². The second-order valence-electron chi connectivity index (χ2n) is 2.48. The summed E-state index contributed by atoms with van der Waals surface area (Å²) in [5, 5.41) is 0. The van der Waals surface area contributed by atoms with E-state index in [9.17, 15) is 0 Å². The molecular weight excluding hydrogens is 114 g/mol. The fourth-order valence-corrected chi connectivity index (χ4v) is 1.01. The molecule has 1 aliphatic rings. The van der Waals surface area contributed by atoms with Gasteiger partial charge in [-0.2, -0.15) is 0 Å². The maximum absolute atomic E-state index is 5.60. The van der Waals surface area contributed by atoms with Crippen LogP contribution in [0, 0.1) is 0 Å². The molecule has 3 N–H and O–H groups in total. The fraction of sp³-hybridized carbons (Fsp3) is 0.500. The molecule has 0 unspecified atom stereocenters. The van der Waals surface area contributed by atoms with Crippen molar-refractivity contribution in [3.63, 3.8) is 0 Å². The predicted octanol–water partition coefficient (Wildman–Crippen LogP) is 0.224. The van der Waals surface area contributed by atoms with Crippen LogP contribution >= 0.6 is 0 Å². The van der Waals surface area contributed by atoms with Crippen LogP contribution in [0.1, 0.15) is 18.2 Å². The minimum Gasteiger partial charge on any atom is -0.348 e. The van der Waals surface area contributed by atoms with Gasteiger partial charge in [0.05, 0.1) is 0 Å². The summed E-state index contributed by atoms with van der Waals surface area (Å²) in [5.74, 6) is 1.56. The highest BCUT2D eigenvalue weighted by molar-refractivity contribution is 5.12. The quantitative estimate of drug-likeness (QED) is 0.561. The second kappa shape index (κ2) is 1.57. The van der Waals surface area contributed by atoms with Crippen LogP contribution in [0.15, 0.2) is 12.4 Å². The number of imidazole rings is 1. The van der Waals surface area contributed by atoms with Crippen LogP contribution in [-0.2, 0) is 0 Å². The summed E-state index contributed by atoms with van der Waals surface area (Å²) in [6.07, 6.45) is 4.69. The van der Waals surface area contributed by atoms with E-state index in [0.29, 0.717) is 12.0 Å². The van der Waals surface area contributed by atoms with Crippen molar-refractivity contribution in [3.05, 3.63) is 18.2 Å². The Morgan fingerprint density at radius 2 is 2.56 bits per heavy atom. The van der Waals surface area contributed by atoms with E-state index in [-0.39, 0.29) is 0 Å². The zero-order valence-electron chi connectivity index (χ0n) is 5.04. The Morgan fingerprint density at radius 1 is 1.78 bits per heavy atom. The molecule has 0 spiro atoms. The van der Waals surface area contributed by atoms with E-state index in [1.165, 1.54) is 0 Å². The molecule has 0 amide bonds. The molecule has 0 saturated heterocycles. The Morgan fingerprint density at radius 3 is 3.00 bits per heavy atom. The number of aromatic amines is 1. The van der Waals surface area contributed by atoms with Crippen molar-refractivity contribution in [3.8, 4) is 0 Å². The lowest BCUT2D eigenvalue weighted by Crippen LogP contribution is -2.01. The highest BCUT2D eigenvalue weighted by Gasteiger charge is 2.36. The summed E-state index contributed by atoms with van der Waals surface area (Å²) in [6, 6.07) is 0.358. The zero-order valence-corrected chi connectivity index (χ0v) is 5.04. The first kappa shape index (κ1) is 4.99. The van der Waals surface area contributed by atoms with Crippen LogP contribution in [0.4, 0.5) is 0 Å². The van der Waals surface area contributed by atoms with Crippen molar-refractivity contribution in [2.45, 2.75) is 18.4 Å². The Hall–Kier alpha value is -0.830. The molecule has 1 aliphatic carbocycles. The van der Waals surface area contributed by atoms with Crippen molar-refractivity contribution in [1.29, 1.82) is 0 Å². The Bertz CT molecular complexity index is 192. The summed E-state index contributed by atoms with van der Waals surface area (Å²) in [4.78, 5) is 7.13. The minimum atomic E-state index is 0.358. The van der Waals surface area contributed by atoms with Crippen LogP contribution in [-0.4, -0.2) is 16.0 Å². The molecule has 0 aromatic carbocycles. The third-order valence-corrected chi connectivity index (χ3v) is 1.71. The second-order valence-corrected chi connectivity index (χ2v) is 2.48. The van der Waals surface area contributed by atoms with E-state index in [0.717, 1.165) is 12.2 Å². The van der Waals surface area contributed by atoms with Crippen molar-refractivity contribution in [1.82, 2.24) is 9.97 Å². The summed E-state index contributed by atoms with van der Waals surface area (Å²) in [5.41, 5.74) is 5.60. The number of H-pyrrole nitrogens is 1. The summed E-state index contributed by atoms with van der Waals surface area (Å²) in [6.45, 7) is 0. The fourth-order valence-electron chi connectivity index (χ4n) is 1.01. The highest BCUT2D eigenvalue weighted by Crippen LogP contribution is 2.36. The highest BCUT2D eigenvalue weighted by atomic mass is 14.9. The number of nitrogens with one attached hydrogen (secondary N) is 1. The molecule has 1 heterocycles. The van der Waals surface area contributed by atoms with E-state index in [2.05, 4.69) is 9.97 Å². The Balaban J connectivity index is 2.18. The van der Waals surface area contributed by atoms with Gasteiger partial charge < -0.3 is 10.7 Å². The van der Waals surface area contributed by atoms with Gasteiger partial charge in [0.15, 0.2) is 0 Å². The number of aromatic nitrogens is 2. The SMILES string of the molecule is N[C@H]1C[C@@H]1c1ncc[nH]1. The molecule has 1 fully saturated rings. The van der Waals surface area contributed by atoms with E-state index < -0.39 is 0 Å². The van der Waals surface area contributed by atoms with E-state index in [1.807, 2.05) is 6.20 Å². The third-order valence-electron chi connectivity index (χ3n) is 1.71. The summed E-state index contributed by atoms with van der Waals surface area (Å²) >= 11 is 0.